The van der Waals surface area contributed by atoms with Crippen molar-refractivity contribution in [3.63, 3.8) is 0 Å². The molecule has 0 heterocycles. The summed E-state index contributed by atoms with van der Waals surface area (Å²) < 4.78 is 45.8. The molecule has 2 aromatic rings. The SMILES string of the molecule is CN=C(NCc1cc(OC)c(OC)c(OC)c1)NCc1cc(Cl)ccc1OC(F)F.I. The molecule has 0 unspecified atom stereocenters. The van der Waals surface area contributed by atoms with E-state index in [1.165, 1.54) is 19.2 Å². The lowest BCUT2D eigenvalue weighted by atomic mass is 10.1. The largest absolute Gasteiger partial charge is 0.493 e. The maximum atomic E-state index is 12.6. The molecule has 0 amide bonds. The summed E-state index contributed by atoms with van der Waals surface area (Å²) in [5.74, 6) is 2.06. The molecule has 0 fully saturated rings. The van der Waals surface area contributed by atoms with Gasteiger partial charge < -0.3 is 29.6 Å². The molecule has 0 aliphatic rings. The summed E-state index contributed by atoms with van der Waals surface area (Å²) >= 11 is 5.97. The smallest absolute Gasteiger partial charge is 0.387 e. The Bertz CT molecular complexity index is 862. The fourth-order valence-corrected chi connectivity index (χ4v) is 2.91. The van der Waals surface area contributed by atoms with E-state index in [1.807, 2.05) is 12.1 Å². The molecule has 2 rings (SSSR count). The van der Waals surface area contributed by atoms with Crippen molar-refractivity contribution in [2.75, 3.05) is 28.4 Å². The van der Waals surface area contributed by atoms with Gasteiger partial charge >= 0.3 is 6.61 Å². The molecule has 0 radical (unpaired) electrons. The minimum atomic E-state index is -2.93. The number of alkyl halides is 2. The average molecular weight is 572 g/mol. The Kier molecular flexibility index (Phi) is 11.5. The molecule has 7 nitrogen and oxygen atoms in total. The number of nitrogens with zero attached hydrogens (tertiary/aromatic N) is 1. The van der Waals surface area contributed by atoms with Crippen LogP contribution in [-0.4, -0.2) is 40.9 Å². The van der Waals surface area contributed by atoms with Gasteiger partial charge in [0, 0.05) is 30.7 Å². The van der Waals surface area contributed by atoms with Crippen molar-refractivity contribution in [2.24, 2.45) is 4.99 Å². The highest BCUT2D eigenvalue weighted by atomic mass is 127. The quantitative estimate of drug-likeness (QED) is 0.263. The molecule has 2 aromatic carbocycles. The van der Waals surface area contributed by atoms with Crippen LogP contribution >= 0.6 is 35.6 Å². The lowest BCUT2D eigenvalue weighted by Gasteiger charge is -2.17. The third-order valence-corrected chi connectivity index (χ3v) is 4.33. The summed E-state index contributed by atoms with van der Waals surface area (Å²) in [4.78, 5) is 4.14. The lowest BCUT2D eigenvalue weighted by molar-refractivity contribution is -0.0504. The molecule has 0 aliphatic carbocycles. The first kappa shape index (κ1) is 26.8. The third-order valence-electron chi connectivity index (χ3n) is 4.09. The van der Waals surface area contributed by atoms with Crippen molar-refractivity contribution in [3.05, 3.63) is 46.5 Å². The Labute approximate surface area is 202 Å². The molecule has 0 aliphatic heterocycles. The van der Waals surface area contributed by atoms with Crippen molar-refractivity contribution >= 4 is 41.5 Å². The van der Waals surface area contributed by atoms with E-state index >= 15 is 0 Å². The van der Waals surface area contributed by atoms with Crippen LogP contribution in [0.2, 0.25) is 5.02 Å². The molecule has 31 heavy (non-hydrogen) atoms. The van der Waals surface area contributed by atoms with Crippen molar-refractivity contribution in [3.8, 4) is 23.0 Å². The maximum absolute atomic E-state index is 12.6. The summed E-state index contributed by atoms with van der Waals surface area (Å²) in [7, 11) is 6.21. The predicted molar refractivity (Wildman–Crippen MR) is 127 cm³/mol. The fraction of sp³-hybridized carbons (Fsp3) is 0.350. The van der Waals surface area contributed by atoms with Crippen molar-refractivity contribution in [1.82, 2.24) is 10.6 Å². The van der Waals surface area contributed by atoms with Gasteiger partial charge in [0.2, 0.25) is 5.75 Å². The minimum Gasteiger partial charge on any atom is -0.493 e. The van der Waals surface area contributed by atoms with Crippen LogP contribution in [0.4, 0.5) is 8.78 Å². The second-order valence-electron chi connectivity index (χ2n) is 5.94. The number of ether oxygens (including phenoxy) is 4. The second kappa shape index (κ2) is 13.3. The lowest BCUT2D eigenvalue weighted by Crippen LogP contribution is -2.36. The summed E-state index contributed by atoms with van der Waals surface area (Å²) in [6, 6.07) is 8.07. The zero-order valence-corrected chi connectivity index (χ0v) is 20.6. The molecular formula is C20H25ClF2IN3O4. The topological polar surface area (TPSA) is 73.3 Å². The monoisotopic (exact) mass is 571 g/mol. The molecule has 172 valence electrons. The third kappa shape index (κ3) is 7.76. The molecule has 11 heteroatoms. The van der Waals surface area contributed by atoms with Gasteiger partial charge in [0.05, 0.1) is 21.3 Å². The van der Waals surface area contributed by atoms with Crippen LogP contribution in [0.1, 0.15) is 11.1 Å². The van der Waals surface area contributed by atoms with Gasteiger partial charge in [0.15, 0.2) is 17.5 Å². The van der Waals surface area contributed by atoms with Gasteiger partial charge in [-0.15, -0.1) is 24.0 Å². The van der Waals surface area contributed by atoms with Gasteiger partial charge in [-0.2, -0.15) is 8.78 Å². The molecule has 0 atom stereocenters. The van der Waals surface area contributed by atoms with E-state index in [1.54, 1.807) is 27.3 Å². The Balaban J connectivity index is 0.00000480. The van der Waals surface area contributed by atoms with E-state index in [0.717, 1.165) is 5.56 Å². The van der Waals surface area contributed by atoms with Crippen molar-refractivity contribution in [1.29, 1.82) is 0 Å². The fourth-order valence-electron chi connectivity index (χ4n) is 2.72. The standard InChI is InChI=1S/C20H24ClF2N3O4.HI/c1-24-20(26-11-13-9-14(21)5-6-15(13)30-19(22)23)25-10-12-7-16(27-2)18(29-4)17(8-12)28-3;/h5-9,19H,10-11H2,1-4H3,(H2,24,25,26);1H. The Morgan fingerprint density at radius 3 is 2.10 bits per heavy atom. The van der Waals surface area contributed by atoms with E-state index < -0.39 is 6.61 Å². The first-order valence-corrected chi connectivity index (χ1v) is 9.26. The summed E-state index contributed by atoms with van der Waals surface area (Å²) in [5, 5.41) is 6.59. The van der Waals surface area contributed by atoms with Gasteiger partial charge in [0.25, 0.3) is 0 Å². The highest BCUT2D eigenvalue weighted by Crippen LogP contribution is 2.38. The number of benzene rings is 2. The Morgan fingerprint density at radius 1 is 0.968 bits per heavy atom. The zero-order valence-electron chi connectivity index (χ0n) is 17.5. The van der Waals surface area contributed by atoms with Crippen LogP contribution in [0, 0.1) is 0 Å². The molecule has 0 spiro atoms. The average Bonchev–Trinajstić information content (AvgIpc) is 2.74. The number of halogens is 4. The number of rotatable bonds is 9. The van der Waals surface area contributed by atoms with Crippen LogP contribution in [0.5, 0.6) is 23.0 Å². The molecule has 0 saturated heterocycles. The number of hydrogen-bond donors (Lipinski definition) is 2. The molecule has 0 saturated carbocycles. The molecule has 0 bridgehead atoms. The Morgan fingerprint density at radius 2 is 1.58 bits per heavy atom. The highest BCUT2D eigenvalue weighted by Gasteiger charge is 2.14. The van der Waals surface area contributed by atoms with Gasteiger partial charge in [0.1, 0.15) is 5.75 Å². The van der Waals surface area contributed by atoms with E-state index in [0.29, 0.717) is 40.3 Å². The van der Waals surface area contributed by atoms with Gasteiger partial charge in [-0.05, 0) is 35.9 Å². The number of hydrogen-bond acceptors (Lipinski definition) is 5. The van der Waals surface area contributed by atoms with Crippen molar-refractivity contribution in [2.45, 2.75) is 19.7 Å². The number of aliphatic imine (C=N–C) groups is 1. The summed E-state index contributed by atoms with van der Waals surface area (Å²) in [6.45, 7) is -2.36. The molecular weight excluding hydrogens is 547 g/mol. The van der Waals surface area contributed by atoms with Crippen LogP contribution < -0.4 is 29.6 Å². The number of methoxy groups -OCH3 is 3. The highest BCUT2D eigenvalue weighted by molar-refractivity contribution is 14.0. The van der Waals surface area contributed by atoms with Crippen LogP contribution in [0.25, 0.3) is 0 Å². The van der Waals surface area contributed by atoms with E-state index in [-0.39, 0.29) is 36.3 Å². The molecule has 2 N–H and O–H groups in total. The van der Waals surface area contributed by atoms with E-state index in [2.05, 4.69) is 20.4 Å². The van der Waals surface area contributed by atoms with E-state index in [4.69, 9.17) is 25.8 Å². The minimum absolute atomic E-state index is 0. The predicted octanol–water partition coefficient (Wildman–Crippen LogP) is 4.45. The van der Waals surface area contributed by atoms with E-state index in [9.17, 15) is 8.78 Å². The normalized spacial score (nSPS) is 10.9. The second-order valence-corrected chi connectivity index (χ2v) is 6.38. The Hall–Kier alpha value is -2.21. The zero-order chi connectivity index (χ0) is 22.1. The maximum Gasteiger partial charge on any atom is 0.387 e. The van der Waals surface area contributed by atoms with Gasteiger partial charge in [-0.1, -0.05) is 11.6 Å². The van der Waals surface area contributed by atoms with Gasteiger partial charge in [-0.3, -0.25) is 4.99 Å². The van der Waals surface area contributed by atoms with Crippen LogP contribution in [0.3, 0.4) is 0 Å². The number of guanidine groups is 1. The molecule has 0 aromatic heterocycles. The first-order chi connectivity index (χ1) is 14.4. The summed E-state index contributed by atoms with van der Waals surface area (Å²) in [5.41, 5.74) is 1.33. The van der Waals surface area contributed by atoms with Crippen LogP contribution in [-0.2, 0) is 13.1 Å². The number of nitrogens with one attached hydrogen (secondary N) is 2. The summed E-state index contributed by atoms with van der Waals surface area (Å²) in [6.07, 6.45) is 0. The van der Waals surface area contributed by atoms with Crippen LogP contribution in [0.15, 0.2) is 35.3 Å². The first-order valence-electron chi connectivity index (χ1n) is 8.88. The van der Waals surface area contributed by atoms with Gasteiger partial charge in [-0.25, -0.2) is 0 Å². The van der Waals surface area contributed by atoms with Crippen molar-refractivity contribution < 1.29 is 27.7 Å².